The summed E-state index contributed by atoms with van der Waals surface area (Å²) in [7, 11) is 0. The van der Waals surface area contributed by atoms with Crippen LogP contribution < -0.4 is 5.43 Å². The number of nitrogens with one attached hydrogen (secondary N) is 1. The van der Waals surface area contributed by atoms with Crippen LogP contribution in [-0.4, -0.2) is 11.6 Å². The lowest BCUT2D eigenvalue weighted by atomic mass is 10.1. The van der Waals surface area contributed by atoms with Crippen LogP contribution in [0.5, 0.6) is 0 Å². The summed E-state index contributed by atoms with van der Waals surface area (Å²) in [6.45, 7) is 4.00. The lowest BCUT2D eigenvalue weighted by molar-refractivity contribution is -0.121. The fourth-order valence-corrected chi connectivity index (χ4v) is 1.91. The summed E-state index contributed by atoms with van der Waals surface area (Å²) >= 11 is 3.41. The van der Waals surface area contributed by atoms with Gasteiger partial charge >= 0.3 is 0 Å². The van der Waals surface area contributed by atoms with E-state index >= 15 is 0 Å². The van der Waals surface area contributed by atoms with Crippen LogP contribution in [0.4, 0.5) is 0 Å². The Bertz CT molecular complexity index is 430. The fraction of sp³-hybridized carbons (Fsp3) is 0.429. The zero-order valence-corrected chi connectivity index (χ0v) is 12.5. The molecule has 1 amide bonds. The molecule has 0 radical (unpaired) electrons. The summed E-state index contributed by atoms with van der Waals surface area (Å²) in [4.78, 5) is 11.5. The number of carbonyl (C=O) groups excluding carboxylic acids is 1. The number of carbonyl (C=O) groups is 1. The van der Waals surface area contributed by atoms with E-state index < -0.39 is 0 Å². The largest absolute Gasteiger partial charge is 0.273 e. The Balaban J connectivity index is 2.49. The molecule has 0 saturated carbocycles. The minimum absolute atomic E-state index is 0.0159. The molecule has 0 atom stereocenters. The summed E-state index contributed by atoms with van der Waals surface area (Å²) in [6.07, 6.45) is 3.67. The molecule has 0 spiro atoms. The first kappa shape index (κ1) is 14.9. The van der Waals surface area contributed by atoms with Crippen molar-refractivity contribution in [3.63, 3.8) is 0 Å². The molecule has 1 aromatic rings. The summed E-state index contributed by atoms with van der Waals surface area (Å²) in [5.41, 5.74) is 4.40. The SMILES string of the molecule is CCCCCC(=O)NN=C(C)c1cccc(Br)c1. The topological polar surface area (TPSA) is 41.5 Å². The maximum absolute atomic E-state index is 11.5. The quantitative estimate of drug-likeness (QED) is 0.484. The van der Waals surface area contributed by atoms with Gasteiger partial charge in [0.15, 0.2) is 0 Å². The Hall–Kier alpha value is -1.16. The molecule has 0 bridgehead atoms. The number of hydrazone groups is 1. The Labute approximate surface area is 117 Å². The van der Waals surface area contributed by atoms with Crippen molar-refractivity contribution >= 4 is 27.5 Å². The molecule has 1 aromatic carbocycles. The number of rotatable bonds is 6. The molecule has 0 saturated heterocycles. The number of amides is 1. The molecular weight excluding hydrogens is 292 g/mol. The van der Waals surface area contributed by atoms with Gasteiger partial charge < -0.3 is 0 Å². The third-order valence-corrected chi connectivity index (χ3v) is 3.09. The van der Waals surface area contributed by atoms with Crippen molar-refractivity contribution in [3.8, 4) is 0 Å². The molecule has 0 aliphatic carbocycles. The predicted molar refractivity (Wildman–Crippen MR) is 78.6 cm³/mol. The third-order valence-electron chi connectivity index (χ3n) is 2.60. The molecule has 0 aromatic heterocycles. The van der Waals surface area contributed by atoms with Crippen molar-refractivity contribution in [2.75, 3.05) is 0 Å². The smallest absolute Gasteiger partial charge is 0.240 e. The highest BCUT2D eigenvalue weighted by atomic mass is 79.9. The fourth-order valence-electron chi connectivity index (χ4n) is 1.52. The number of unbranched alkanes of at least 4 members (excludes halogenated alkanes) is 2. The van der Waals surface area contributed by atoms with E-state index in [0.717, 1.165) is 35.0 Å². The molecule has 3 nitrogen and oxygen atoms in total. The zero-order chi connectivity index (χ0) is 13.4. The lowest BCUT2D eigenvalue weighted by Crippen LogP contribution is -2.18. The van der Waals surface area contributed by atoms with Crippen LogP contribution in [0.3, 0.4) is 0 Å². The second-order valence-electron chi connectivity index (χ2n) is 4.20. The van der Waals surface area contributed by atoms with E-state index in [1.807, 2.05) is 31.2 Å². The Morgan fingerprint density at radius 2 is 2.17 bits per heavy atom. The summed E-state index contributed by atoms with van der Waals surface area (Å²) in [5.74, 6) is -0.0159. The average molecular weight is 311 g/mol. The van der Waals surface area contributed by atoms with Crippen LogP contribution in [0.1, 0.15) is 45.1 Å². The molecule has 0 aliphatic heterocycles. The van der Waals surface area contributed by atoms with Gasteiger partial charge in [-0.15, -0.1) is 0 Å². The van der Waals surface area contributed by atoms with Crippen LogP contribution >= 0.6 is 15.9 Å². The molecule has 1 rings (SSSR count). The summed E-state index contributed by atoms with van der Waals surface area (Å²) in [5, 5.41) is 4.11. The number of benzene rings is 1. The van der Waals surface area contributed by atoms with Gasteiger partial charge in [-0.2, -0.15) is 5.10 Å². The van der Waals surface area contributed by atoms with Gasteiger partial charge in [0.2, 0.25) is 5.91 Å². The van der Waals surface area contributed by atoms with Gasteiger partial charge in [-0.05, 0) is 31.0 Å². The minimum atomic E-state index is -0.0159. The second-order valence-corrected chi connectivity index (χ2v) is 5.12. The van der Waals surface area contributed by atoms with E-state index in [0.29, 0.717) is 6.42 Å². The first-order valence-electron chi connectivity index (χ1n) is 6.22. The van der Waals surface area contributed by atoms with Gasteiger partial charge in [0.1, 0.15) is 0 Å². The molecule has 1 N–H and O–H groups in total. The molecule has 98 valence electrons. The highest BCUT2D eigenvalue weighted by Gasteiger charge is 2.01. The van der Waals surface area contributed by atoms with Crippen molar-refractivity contribution < 1.29 is 4.79 Å². The third kappa shape index (κ3) is 5.45. The summed E-state index contributed by atoms with van der Waals surface area (Å²) in [6, 6.07) is 7.84. The van der Waals surface area contributed by atoms with E-state index in [2.05, 4.69) is 33.4 Å². The van der Waals surface area contributed by atoms with E-state index in [9.17, 15) is 4.79 Å². The first-order chi connectivity index (χ1) is 8.63. The second kappa shape index (κ2) is 8.03. The maximum Gasteiger partial charge on any atom is 0.240 e. The Morgan fingerprint density at radius 1 is 1.39 bits per heavy atom. The number of halogens is 1. The molecular formula is C14H19BrN2O. The van der Waals surface area contributed by atoms with Crippen LogP contribution in [0.25, 0.3) is 0 Å². The minimum Gasteiger partial charge on any atom is -0.273 e. The first-order valence-corrected chi connectivity index (χ1v) is 7.02. The monoisotopic (exact) mass is 310 g/mol. The van der Waals surface area contributed by atoms with Crippen LogP contribution in [0.15, 0.2) is 33.8 Å². The molecule has 0 heterocycles. The van der Waals surface area contributed by atoms with Crippen LogP contribution in [0.2, 0.25) is 0 Å². The van der Waals surface area contributed by atoms with Gasteiger partial charge in [-0.25, -0.2) is 5.43 Å². The van der Waals surface area contributed by atoms with Gasteiger partial charge in [-0.1, -0.05) is 47.8 Å². The zero-order valence-electron chi connectivity index (χ0n) is 10.9. The molecule has 0 aliphatic rings. The maximum atomic E-state index is 11.5. The highest BCUT2D eigenvalue weighted by molar-refractivity contribution is 9.10. The van der Waals surface area contributed by atoms with Crippen molar-refractivity contribution in [2.24, 2.45) is 5.10 Å². The van der Waals surface area contributed by atoms with Crippen molar-refractivity contribution in [3.05, 3.63) is 34.3 Å². The van der Waals surface area contributed by atoms with Crippen LogP contribution in [-0.2, 0) is 4.79 Å². The van der Waals surface area contributed by atoms with Crippen molar-refractivity contribution in [2.45, 2.75) is 39.5 Å². The lowest BCUT2D eigenvalue weighted by Gasteiger charge is -2.03. The van der Waals surface area contributed by atoms with Crippen molar-refractivity contribution in [1.82, 2.24) is 5.43 Å². The van der Waals surface area contributed by atoms with Gasteiger partial charge in [0.05, 0.1) is 5.71 Å². The predicted octanol–water partition coefficient (Wildman–Crippen LogP) is 3.87. The van der Waals surface area contributed by atoms with Crippen molar-refractivity contribution in [1.29, 1.82) is 0 Å². The van der Waals surface area contributed by atoms with E-state index in [1.165, 1.54) is 0 Å². The van der Waals surface area contributed by atoms with E-state index in [4.69, 9.17) is 0 Å². The van der Waals surface area contributed by atoms with Gasteiger partial charge in [0.25, 0.3) is 0 Å². The number of nitrogens with zero attached hydrogens (tertiary/aromatic N) is 1. The molecule has 18 heavy (non-hydrogen) atoms. The number of hydrogen-bond donors (Lipinski definition) is 1. The Morgan fingerprint density at radius 3 is 2.83 bits per heavy atom. The van der Waals surface area contributed by atoms with Crippen LogP contribution in [0, 0.1) is 0 Å². The van der Waals surface area contributed by atoms with E-state index in [-0.39, 0.29) is 5.91 Å². The van der Waals surface area contributed by atoms with Gasteiger partial charge in [0, 0.05) is 10.9 Å². The average Bonchev–Trinajstić information content (AvgIpc) is 2.36. The Kier molecular flexibility index (Phi) is 6.65. The molecule has 0 fully saturated rings. The van der Waals surface area contributed by atoms with Gasteiger partial charge in [-0.3, -0.25) is 4.79 Å². The molecule has 4 heteroatoms. The standard InChI is InChI=1S/C14H19BrN2O/c1-3-4-5-9-14(18)17-16-11(2)12-7-6-8-13(15)10-12/h6-8,10H,3-5,9H2,1-2H3,(H,17,18). The molecule has 0 unspecified atom stereocenters. The van der Waals surface area contributed by atoms with E-state index in [1.54, 1.807) is 0 Å². The normalized spacial score (nSPS) is 11.4. The number of hydrogen-bond acceptors (Lipinski definition) is 2. The summed E-state index contributed by atoms with van der Waals surface area (Å²) < 4.78 is 1.00. The highest BCUT2D eigenvalue weighted by Crippen LogP contribution is 2.12.